The van der Waals surface area contributed by atoms with Crippen LogP contribution in [-0.4, -0.2) is 53.9 Å². The molecule has 0 aliphatic carbocycles. The van der Waals surface area contributed by atoms with Gasteiger partial charge in [-0.15, -0.1) is 16.4 Å². The van der Waals surface area contributed by atoms with Crippen molar-refractivity contribution in [2.24, 2.45) is 0 Å². The zero-order chi connectivity index (χ0) is 24.7. The fourth-order valence-corrected chi connectivity index (χ4v) is 5.08. The van der Waals surface area contributed by atoms with E-state index >= 15 is 0 Å². The predicted molar refractivity (Wildman–Crippen MR) is 128 cm³/mol. The normalized spacial score (nSPS) is 17.7. The SMILES string of the molecule is Cc1cc(C(=O)CN2C(=O)NC(C)(c3cccc(-n4cnnn4)c3)C2=O)c(C)n1Cc1cccs1. The monoisotopic (exact) mass is 489 g/mol. The second kappa shape index (κ2) is 8.58. The summed E-state index contributed by atoms with van der Waals surface area (Å²) in [4.78, 5) is 41.6. The molecule has 1 fully saturated rings. The van der Waals surface area contributed by atoms with Crippen molar-refractivity contribution in [3.8, 4) is 5.69 Å². The van der Waals surface area contributed by atoms with E-state index in [1.165, 1.54) is 15.9 Å². The van der Waals surface area contributed by atoms with Gasteiger partial charge in [0.1, 0.15) is 11.9 Å². The fourth-order valence-electron chi connectivity index (χ4n) is 4.39. The van der Waals surface area contributed by atoms with Gasteiger partial charge in [0.15, 0.2) is 5.78 Å². The minimum absolute atomic E-state index is 0.286. The van der Waals surface area contributed by atoms with Crippen LogP contribution in [0.1, 0.15) is 39.1 Å². The molecule has 1 aromatic carbocycles. The number of nitrogens with one attached hydrogen (secondary N) is 1. The molecular formula is C24H23N7O3S. The van der Waals surface area contributed by atoms with Crippen molar-refractivity contribution in [3.05, 3.63) is 81.6 Å². The summed E-state index contributed by atoms with van der Waals surface area (Å²) in [7, 11) is 0. The van der Waals surface area contributed by atoms with Gasteiger partial charge in [0.2, 0.25) is 0 Å². The minimum Gasteiger partial charge on any atom is -0.343 e. The molecule has 4 heterocycles. The van der Waals surface area contributed by atoms with Gasteiger partial charge in [0.25, 0.3) is 5.91 Å². The van der Waals surface area contributed by atoms with Crippen molar-refractivity contribution < 1.29 is 14.4 Å². The van der Waals surface area contributed by atoms with E-state index in [4.69, 9.17) is 0 Å². The van der Waals surface area contributed by atoms with Crippen LogP contribution in [0.25, 0.3) is 5.69 Å². The lowest BCUT2D eigenvalue weighted by molar-refractivity contribution is -0.130. The number of aromatic nitrogens is 5. The molecule has 1 saturated heterocycles. The topological polar surface area (TPSA) is 115 Å². The Morgan fingerprint density at radius 3 is 2.69 bits per heavy atom. The van der Waals surface area contributed by atoms with Crippen molar-refractivity contribution in [1.29, 1.82) is 0 Å². The number of carbonyl (C=O) groups is 3. The third-order valence-corrected chi connectivity index (χ3v) is 7.24. The Hall–Kier alpha value is -4.12. The van der Waals surface area contributed by atoms with E-state index in [1.54, 1.807) is 42.5 Å². The average molecular weight is 490 g/mol. The van der Waals surface area contributed by atoms with Crippen LogP contribution in [0, 0.1) is 13.8 Å². The Labute approximate surface area is 205 Å². The maximum Gasteiger partial charge on any atom is 0.325 e. The molecule has 0 radical (unpaired) electrons. The number of hydrogen-bond donors (Lipinski definition) is 1. The number of thiophene rings is 1. The zero-order valence-corrected chi connectivity index (χ0v) is 20.2. The maximum absolute atomic E-state index is 13.4. The summed E-state index contributed by atoms with van der Waals surface area (Å²) < 4.78 is 3.53. The van der Waals surface area contributed by atoms with Gasteiger partial charge in [-0.05, 0) is 66.4 Å². The van der Waals surface area contributed by atoms with Gasteiger partial charge in [-0.1, -0.05) is 18.2 Å². The number of carbonyl (C=O) groups excluding carboxylic acids is 3. The summed E-state index contributed by atoms with van der Waals surface area (Å²) in [6, 6.07) is 12.3. The number of aryl methyl sites for hydroxylation is 1. The Morgan fingerprint density at radius 1 is 1.14 bits per heavy atom. The lowest BCUT2D eigenvalue weighted by atomic mass is 9.91. The highest BCUT2D eigenvalue weighted by molar-refractivity contribution is 7.09. The van der Waals surface area contributed by atoms with E-state index in [0.717, 1.165) is 16.3 Å². The first-order valence-corrected chi connectivity index (χ1v) is 11.9. The highest BCUT2D eigenvalue weighted by Crippen LogP contribution is 2.30. The second-order valence-corrected chi connectivity index (χ2v) is 9.66. The number of amides is 3. The molecule has 10 nitrogen and oxygen atoms in total. The fraction of sp³-hybridized carbons (Fsp3) is 0.250. The van der Waals surface area contributed by atoms with Crippen LogP contribution in [0.4, 0.5) is 4.79 Å². The van der Waals surface area contributed by atoms with Crippen molar-refractivity contribution in [3.63, 3.8) is 0 Å². The number of tetrazole rings is 1. The van der Waals surface area contributed by atoms with Crippen LogP contribution >= 0.6 is 11.3 Å². The summed E-state index contributed by atoms with van der Waals surface area (Å²) in [5.41, 5.74) is 2.15. The molecule has 3 aromatic heterocycles. The second-order valence-electron chi connectivity index (χ2n) is 8.62. The third-order valence-electron chi connectivity index (χ3n) is 6.38. The van der Waals surface area contributed by atoms with Gasteiger partial charge in [-0.2, -0.15) is 0 Å². The maximum atomic E-state index is 13.4. The molecule has 1 aliphatic heterocycles. The van der Waals surface area contributed by atoms with Gasteiger partial charge in [0, 0.05) is 21.8 Å². The molecule has 3 amide bonds. The highest BCUT2D eigenvalue weighted by Gasteiger charge is 2.49. The summed E-state index contributed by atoms with van der Waals surface area (Å²) in [6.45, 7) is 5.79. The summed E-state index contributed by atoms with van der Waals surface area (Å²) >= 11 is 1.65. The molecule has 1 N–H and O–H groups in total. The van der Waals surface area contributed by atoms with Gasteiger partial charge in [0.05, 0.1) is 18.8 Å². The van der Waals surface area contributed by atoms with E-state index in [1.807, 2.05) is 37.4 Å². The van der Waals surface area contributed by atoms with Crippen LogP contribution < -0.4 is 5.32 Å². The number of nitrogens with zero attached hydrogens (tertiary/aromatic N) is 6. The minimum atomic E-state index is -1.32. The van der Waals surface area contributed by atoms with E-state index in [9.17, 15) is 14.4 Å². The number of Topliss-reactive ketones (excluding diaryl/α,β-unsaturated/α-hetero) is 1. The molecule has 0 spiro atoms. The lowest BCUT2D eigenvalue weighted by Crippen LogP contribution is -2.41. The quantitative estimate of drug-likeness (QED) is 0.315. The number of benzene rings is 1. The Morgan fingerprint density at radius 2 is 1.97 bits per heavy atom. The Bertz CT molecular complexity index is 1430. The summed E-state index contributed by atoms with van der Waals surface area (Å²) in [5, 5.41) is 15.9. The molecular weight excluding hydrogens is 466 g/mol. The van der Waals surface area contributed by atoms with Crippen LogP contribution in [0.2, 0.25) is 0 Å². The molecule has 1 atom stereocenters. The van der Waals surface area contributed by atoms with Gasteiger partial charge in [-0.25, -0.2) is 9.48 Å². The number of rotatable bonds is 7. The molecule has 5 rings (SSSR count). The first-order chi connectivity index (χ1) is 16.8. The van der Waals surface area contributed by atoms with Gasteiger partial charge < -0.3 is 9.88 Å². The van der Waals surface area contributed by atoms with E-state index < -0.39 is 17.5 Å². The van der Waals surface area contributed by atoms with Crippen LogP contribution in [0.3, 0.4) is 0 Å². The van der Waals surface area contributed by atoms with Crippen molar-refractivity contribution in [2.45, 2.75) is 32.9 Å². The molecule has 0 saturated carbocycles. The zero-order valence-electron chi connectivity index (χ0n) is 19.4. The molecule has 0 bridgehead atoms. The highest BCUT2D eigenvalue weighted by atomic mass is 32.1. The predicted octanol–water partition coefficient (Wildman–Crippen LogP) is 2.84. The largest absolute Gasteiger partial charge is 0.343 e. The van der Waals surface area contributed by atoms with Crippen LogP contribution in [0.15, 0.2) is 54.2 Å². The summed E-state index contributed by atoms with van der Waals surface area (Å²) in [5.74, 6) is -0.775. The smallest absolute Gasteiger partial charge is 0.325 e. The molecule has 35 heavy (non-hydrogen) atoms. The average Bonchev–Trinajstić information content (AvgIpc) is 3.64. The Kier molecular flexibility index (Phi) is 5.56. The van der Waals surface area contributed by atoms with Crippen molar-refractivity contribution >= 4 is 29.1 Å². The number of urea groups is 1. The number of hydrogen-bond acceptors (Lipinski definition) is 7. The van der Waals surface area contributed by atoms with Gasteiger partial charge in [-0.3, -0.25) is 14.5 Å². The first kappa shape index (κ1) is 22.7. The Balaban J connectivity index is 1.38. The summed E-state index contributed by atoms with van der Waals surface area (Å²) in [6.07, 6.45) is 1.44. The number of ketones is 1. The van der Waals surface area contributed by atoms with Crippen LogP contribution in [-0.2, 0) is 16.9 Å². The molecule has 178 valence electrons. The lowest BCUT2D eigenvalue weighted by Gasteiger charge is -2.22. The van der Waals surface area contributed by atoms with Crippen molar-refractivity contribution in [1.82, 2.24) is 35.0 Å². The van der Waals surface area contributed by atoms with E-state index in [-0.39, 0.29) is 12.3 Å². The van der Waals surface area contributed by atoms with E-state index in [0.29, 0.717) is 23.4 Å². The van der Waals surface area contributed by atoms with Gasteiger partial charge >= 0.3 is 6.03 Å². The first-order valence-electron chi connectivity index (χ1n) is 11.0. The molecule has 1 aliphatic rings. The van der Waals surface area contributed by atoms with E-state index in [2.05, 4.69) is 25.4 Å². The van der Waals surface area contributed by atoms with Crippen molar-refractivity contribution in [2.75, 3.05) is 6.54 Å². The molecule has 11 heteroatoms. The third kappa shape index (κ3) is 3.93. The molecule has 4 aromatic rings. The standard InChI is InChI=1S/C24H23N7O3S/c1-15-10-20(16(2)29(15)12-19-8-5-9-35-19)21(32)13-30-22(33)24(3,26-23(30)34)17-6-4-7-18(11-17)31-14-25-27-28-31/h4-11,14H,12-13H2,1-3H3,(H,26,34). The molecule has 1 unspecified atom stereocenters. The number of imide groups is 1. The van der Waals surface area contributed by atoms with Crippen LogP contribution in [0.5, 0.6) is 0 Å².